The standard InChI is InChI=1S/C15H19NO2S/c1-15(2,3)13-7-5-6-12(10-13)11-19(4,17)14-8-9-18-16-14/h5-10H,4,11H2,1-3H3. The zero-order valence-electron chi connectivity index (χ0n) is 11.6. The van der Waals surface area contributed by atoms with E-state index in [9.17, 15) is 4.21 Å². The van der Waals surface area contributed by atoms with Crippen LogP contribution in [0.3, 0.4) is 0 Å². The van der Waals surface area contributed by atoms with E-state index in [-0.39, 0.29) is 5.41 Å². The van der Waals surface area contributed by atoms with Crippen molar-refractivity contribution in [2.24, 2.45) is 0 Å². The van der Waals surface area contributed by atoms with Crippen molar-refractivity contribution in [2.45, 2.75) is 37.0 Å². The Morgan fingerprint density at radius 3 is 2.63 bits per heavy atom. The summed E-state index contributed by atoms with van der Waals surface area (Å²) in [5, 5.41) is 4.17. The van der Waals surface area contributed by atoms with E-state index < -0.39 is 9.52 Å². The largest absolute Gasteiger partial charge is 0.364 e. The average molecular weight is 277 g/mol. The van der Waals surface area contributed by atoms with E-state index >= 15 is 0 Å². The van der Waals surface area contributed by atoms with Gasteiger partial charge in [0.15, 0.2) is 5.03 Å². The van der Waals surface area contributed by atoms with Crippen molar-refractivity contribution in [2.75, 3.05) is 0 Å². The SMILES string of the molecule is C=S(=O)(Cc1cccc(C(C)(C)C)c1)c1ccon1. The molecule has 2 aromatic rings. The zero-order valence-corrected chi connectivity index (χ0v) is 12.4. The lowest BCUT2D eigenvalue weighted by molar-refractivity contribution is 0.402. The molecule has 0 bridgehead atoms. The Morgan fingerprint density at radius 1 is 1.32 bits per heavy atom. The molecule has 4 heteroatoms. The van der Waals surface area contributed by atoms with Gasteiger partial charge in [0.25, 0.3) is 0 Å². The quantitative estimate of drug-likeness (QED) is 0.809. The minimum absolute atomic E-state index is 0.0753. The maximum absolute atomic E-state index is 12.5. The summed E-state index contributed by atoms with van der Waals surface area (Å²) in [6.45, 7) is 6.47. The van der Waals surface area contributed by atoms with Crippen LogP contribution in [0.2, 0.25) is 0 Å². The predicted octanol–water partition coefficient (Wildman–Crippen LogP) is 3.25. The maximum atomic E-state index is 12.5. The van der Waals surface area contributed by atoms with Crippen LogP contribution in [0.1, 0.15) is 31.9 Å². The van der Waals surface area contributed by atoms with Crippen LogP contribution in [-0.2, 0) is 20.7 Å². The average Bonchev–Trinajstić information content (AvgIpc) is 2.81. The second-order valence-corrected chi connectivity index (χ2v) is 8.07. The normalized spacial score (nSPS) is 15.1. The highest BCUT2D eigenvalue weighted by atomic mass is 32.2. The summed E-state index contributed by atoms with van der Waals surface area (Å²) in [7, 11) is -2.44. The summed E-state index contributed by atoms with van der Waals surface area (Å²) in [5.74, 6) is 4.18. The van der Waals surface area contributed by atoms with E-state index in [0.717, 1.165) is 5.56 Å². The van der Waals surface area contributed by atoms with Crippen molar-refractivity contribution in [3.05, 3.63) is 47.7 Å². The minimum Gasteiger partial charge on any atom is -0.364 e. The van der Waals surface area contributed by atoms with E-state index in [1.807, 2.05) is 12.1 Å². The third-order valence-electron chi connectivity index (χ3n) is 2.99. The molecule has 0 spiro atoms. The molecular weight excluding hydrogens is 258 g/mol. The number of hydrogen-bond donors (Lipinski definition) is 0. The smallest absolute Gasteiger partial charge is 0.162 e. The monoisotopic (exact) mass is 277 g/mol. The summed E-state index contributed by atoms with van der Waals surface area (Å²) < 4.78 is 17.3. The Bertz CT molecular complexity index is 650. The van der Waals surface area contributed by atoms with Crippen LogP contribution in [0.25, 0.3) is 0 Å². The van der Waals surface area contributed by atoms with E-state index in [1.54, 1.807) is 6.07 Å². The highest BCUT2D eigenvalue weighted by molar-refractivity contribution is 7.99. The maximum Gasteiger partial charge on any atom is 0.162 e. The van der Waals surface area contributed by atoms with Gasteiger partial charge < -0.3 is 4.52 Å². The summed E-state index contributed by atoms with van der Waals surface area (Å²) in [5.41, 5.74) is 2.31. The van der Waals surface area contributed by atoms with Gasteiger partial charge in [-0.1, -0.05) is 50.2 Å². The van der Waals surface area contributed by atoms with Gasteiger partial charge in [0.1, 0.15) is 6.26 Å². The highest BCUT2D eigenvalue weighted by Gasteiger charge is 2.16. The molecule has 1 unspecified atom stereocenters. The summed E-state index contributed by atoms with van der Waals surface area (Å²) in [4.78, 5) is 0. The van der Waals surface area contributed by atoms with E-state index in [4.69, 9.17) is 4.52 Å². The fraction of sp³-hybridized carbons (Fsp3) is 0.333. The van der Waals surface area contributed by atoms with Crippen LogP contribution in [-0.4, -0.2) is 15.2 Å². The lowest BCUT2D eigenvalue weighted by Gasteiger charge is -2.20. The Morgan fingerprint density at radius 2 is 2.05 bits per heavy atom. The van der Waals surface area contributed by atoms with Gasteiger partial charge in [-0.15, -0.1) is 0 Å². The van der Waals surface area contributed by atoms with Crippen molar-refractivity contribution >= 4 is 15.4 Å². The molecule has 1 atom stereocenters. The summed E-state index contributed by atoms with van der Waals surface area (Å²) >= 11 is 0. The summed E-state index contributed by atoms with van der Waals surface area (Å²) in [6, 6.07) is 9.76. The van der Waals surface area contributed by atoms with Crippen LogP contribution in [0.15, 0.2) is 46.1 Å². The molecule has 0 saturated carbocycles. The molecule has 0 amide bonds. The van der Waals surface area contributed by atoms with Gasteiger partial charge in [-0.2, -0.15) is 0 Å². The first-order valence-electron chi connectivity index (χ1n) is 6.14. The molecule has 0 fully saturated rings. The molecular formula is C15H19NO2S. The van der Waals surface area contributed by atoms with Gasteiger partial charge in [-0.25, -0.2) is 0 Å². The zero-order chi connectivity index (χ0) is 14.1. The molecule has 102 valence electrons. The van der Waals surface area contributed by atoms with Gasteiger partial charge in [0, 0.05) is 21.3 Å². The first-order chi connectivity index (χ1) is 8.79. The van der Waals surface area contributed by atoms with Crippen LogP contribution >= 0.6 is 0 Å². The molecule has 19 heavy (non-hydrogen) atoms. The molecule has 1 aromatic heterocycles. The van der Waals surface area contributed by atoms with Crippen LogP contribution in [0.5, 0.6) is 0 Å². The Kier molecular flexibility index (Phi) is 3.54. The van der Waals surface area contributed by atoms with Crippen LogP contribution in [0, 0.1) is 0 Å². The lowest BCUT2D eigenvalue weighted by Crippen LogP contribution is -2.12. The first kappa shape index (κ1) is 13.9. The number of hydrogen-bond acceptors (Lipinski definition) is 3. The Hall–Kier alpha value is -1.55. The third-order valence-corrected chi connectivity index (χ3v) is 4.76. The van der Waals surface area contributed by atoms with Crippen LogP contribution in [0.4, 0.5) is 0 Å². The van der Waals surface area contributed by atoms with E-state index in [1.165, 1.54) is 11.8 Å². The van der Waals surface area contributed by atoms with Gasteiger partial charge in [0.2, 0.25) is 0 Å². The second-order valence-electron chi connectivity index (χ2n) is 5.74. The molecule has 0 saturated heterocycles. The summed E-state index contributed by atoms with van der Waals surface area (Å²) in [6.07, 6.45) is 1.42. The number of aromatic nitrogens is 1. The fourth-order valence-corrected chi connectivity index (χ4v) is 3.21. The molecule has 3 nitrogen and oxygen atoms in total. The van der Waals surface area contributed by atoms with Gasteiger partial charge in [0.05, 0.1) is 0 Å². The molecule has 0 radical (unpaired) electrons. The van der Waals surface area contributed by atoms with Gasteiger partial charge in [-0.3, -0.25) is 4.21 Å². The van der Waals surface area contributed by atoms with Crippen molar-refractivity contribution < 1.29 is 8.73 Å². The Balaban J connectivity index is 2.30. The van der Waals surface area contributed by atoms with Crippen molar-refractivity contribution in [1.29, 1.82) is 0 Å². The molecule has 1 aromatic carbocycles. The number of rotatable bonds is 3. The van der Waals surface area contributed by atoms with Gasteiger partial charge >= 0.3 is 0 Å². The molecule has 2 rings (SSSR count). The molecule has 0 aliphatic rings. The Labute approximate surface area is 114 Å². The molecule has 1 heterocycles. The molecule has 0 aliphatic carbocycles. The second kappa shape index (κ2) is 4.85. The van der Waals surface area contributed by atoms with E-state index in [2.05, 4.69) is 43.9 Å². The van der Waals surface area contributed by atoms with Crippen molar-refractivity contribution in [1.82, 2.24) is 5.16 Å². The topological polar surface area (TPSA) is 43.1 Å². The lowest BCUT2D eigenvalue weighted by atomic mass is 9.86. The number of nitrogens with zero attached hydrogens (tertiary/aromatic N) is 1. The molecule has 0 N–H and O–H groups in total. The van der Waals surface area contributed by atoms with E-state index in [0.29, 0.717) is 10.8 Å². The third kappa shape index (κ3) is 3.26. The first-order valence-corrected chi connectivity index (χ1v) is 8.03. The van der Waals surface area contributed by atoms with Gasteiger partial charge in [-0.05, 0) is 22.4 Å². The predicted molar refractivity (Wildman–Crippen MR) is 78.9 cm³/mol. The minimum atomic E-state index is -2.44. The number of benzene rings is 1. The fourth-order valence-electron chi connectivity index (χ4n) is 1.86. The highest BCUT2D eigenvalue weighted by Crippen LogP contribution is 2.24. The van der Waals surface area contributed by atoms with Crippen molar-refractivity contribution in [3.63, 3.8) is 0 Å². The molecule has 0 aliphatic heterocycles. The van der Waals surface area contributed by atoms with Crippen LogP contribution < -0.4 is 0 Å². The van der Waals surface area contributed by atoms with Crippen molar-refractivity contribution in [3.8, 4) is 0 Å².